The van der Waals surface area contributed by atoms with Crippen LogP contribution in [0.15, 0.2) is 18.5 Å². The van der Waals surface area contributed by atoms with Gasteiger partial charge in [0.25, 0.3) is 5.88 Å². The van der Waals surface area contributed by atoms with Crippen LogP contribution in [0.25, 0.3) is 11.3 Å². The Morgan fingerprint density at radius 3 is 2.57 bits per heavy atom. The fourth-order valence-corrected chi connectivity index (χ4v) is 1.98. The van der Waals surface area contributed by atoms with E-state index < -0.39 is 0 Å². The van der Waals surface area contributed by atoms with E-state index in [-0.39, 0.29) is 11.8 Å². The minimum absolute atomic E-state index is 0.156. The summed E-state index contributed by atoms with van der Waals surface area (Å²) in [7, 11) is 0. The lowest BCUT2D eigenvalue weighted by Crippen LogP contribution is -2.37. The molecule has 0 saturated carbocycles. The highest BCUT2D eigenvalue weighted by Gasteiger charge is 2.17. The first-order chi connectivity index (χ1) is 10.3. The number of hydrogen-bond donors (Lipinski definition) is 1. The molecule has 9 heteroatoms. The average Bonchev–Trinajstić information content (AvgIpc) is 2.56. The largest absolute Gasteiger partial charge is 0.378 e. The molecule has 0 atom stereocenters. The van der Waals surface area contributed by atoms with Crippen molar-refractivity contribution in [1.82, 2.24) is 19.9 Å². The van der Waals surface area contributed by atoms with Crippen molar-refractivity contribution >= 4 is 11.9 Å². The molecule has 0 radical (unpaired) electrons. The molecule has 21 heavy (non-hydrogen) atoms. The third-order valence-electron chi connectivity index (χ3n) is 3.03. The van der Waals surface area contributed by atoms with Gasteiger partial charge in [0.1, 0.15) is 0 Å². The van der Waals surface area contributed by atoms with Gasteiger partial charge in [0.05, 0.1) is 18.9 Å². The topological polar surface area (TPSA) is 99.3 Å². The monoisotopic (exact) mass is 292 g/mol. The first-order valence-corrected chi connectivity index (χ1v) is 6.34. The van der Waals surface area contributed by atoms with Crippen LogP contribution in [0.1, 0.15) is 0 Å². The molecule has 1 aliphatic rings. The normalized spacial score (nSPS) is 15.0. The maximum absolute atomic E-state index is 12.5. The summed E-state index contributed by atoms with van der Waals surface area (Å²) in [4.78, 5) is 21.8. The smallest absolute Gasteiger partial charge is 0.268 e. The summed E-state index contributed by atoms with van der Waals surface area (Å²) >= 11 is 0. The van der Waals surface area contributed by atoms with Crippen LogP contribution in [-0.4, -0.2) is 46.2 Å². The number of hydrogen-bond acceptors (Lipinski definition) is 8. The number of nitrogens with two attached hydrogens (primary N) is 1. The predicted molar refractivity (Wildman–Crippen MR) is 72.2 cm³/mol. The molecule has 0 aromatic carbocycles. The van der Waals surface area contributed by atoms with Crippen molar-refractivity contribution in [2.45, 2.75) is 0 Å². The van der Waals surface area contributed by atoms with E-state index >= 15 is 0 Å². The van der Waals surface area contributed by atoms with E-state index in [0.717, 1.165) is 0 Å². The van der Waals surface area contributed by atoms with E-state index in [9.17, 15) is 4.53 Å². The van der Waals surface area contributed by atoms with Gasteiger partial charge in [-0.1, -0.05) is 0 Å². The number of ether oxygens (including phenoxy) is 1. The Labute approximate surface area is 119 Å². The van der Waals surface area contributed by atoms with Gasteiger partial charge < -0.3 is 15.4 Å². The highest BCUT2D eigenvalue weighted by atomic mass is 19.3. The Bertz CT molecular complexity index is 618. The lowest BCUT2D eigenvalue weighted by molar-refractivity contribution is -0.0119. The molecule has 1 saturated heterocycles. The van der Waals surface area contributed by atoms with Gasteiger partial charge in [-0.2, -0.15) is 4.98 Å². The molecule has 3 heterocycles. The van der Waals surface area contributed by atoms with E-state index in [0.29, 0.717) is 43.5 Å². The fraction of sp³-hybridized carbons (Fsp3) is 0.333. The first kappa shape index (κ1) is 13.4. The Morgan fingerprint density at radius 1 is 1.19 bits per heavy atom. The van der Waals surface area contributed by atoms with Gasteiger partial charge in [0, 0.05) is 41.6 Å². The standard InChI is InChI=1S/C12H13FN6O2/c13-21-10-5-9(8-6-15-11(14)16-7-8)17-12(18-10)19-1-3-20-4-2-19/h5-7H,1-4H2,(H2,14,15,16). The van der Waals surface area contributed by atoms with Crippen molar-refractivity contribution in [3.63, 3.8) is 0 Å². The van der Waals surface area contributed by atoms with E-state index in [4.69, 9.17) is 10.5 Å². The second-order valence-corrected chi connectivity index (χ2v) is 4.40. The third kappa shape index (κ3) is 2.97. The molecular formula is C12H13FN6O2. The second kappa shape index (κ2) is 5.83. The van der Waals surface area contributed by atoms with Crippen LogP contribution in [0.3, 0.4) is 0 Å². The summed E-state index contributed by atoms with van der Waals surface area (Å²) in [5, 5.41) is 0. The van der Waals surface area contributed by atoms with Gasteiger partial charge in [-0.25, -0.2) is 15.0 Å². The zero-order valence-electron chi connectivity index (χ0n) is 11.1. The van der Waals surface area contributed by atoms with Crippen molar-refractivity contribution in [1.29, 1.82) is 0 Å². The van der Waals surface area contributed by atoms with Crippen molar-refractivity contribution in [2.75, 3.05) is 36.9 Å². The lowest BCUT2D eigenvalue weighted by atomic mass is 10.2. The minimum atomic E-state index is -0.168. The van der Waals surface area contributed by atoms with Crippen molar-refractivity contribution in [3.05, 3.63) is 18.5 Å². The number of halogens is 1. The maximum atomic E-state index is 12.5. The summed E-state index contributed by atoms with van der Waals surface area (Å²) < 4.78 is 17.8. The van der Waals surface area contributed by atoms with E-state index in [1.807, 2.05) is 4.90 Å². The van der Waals surface area contributed by atoms with Gasteiger partial charge in [-0.15, -0.1) is 0 Å². The molecule has 8 nitrogen and oxygen atoms in total. The van der Waals surface area contributed by atoms with Crippen molar-refractivity contribution in [2.24, 2.45) is 0 Å². The van der Waals surface area contributed by atoms with Gasteiger partial charge in [-0.05, 0) is 0 Å². The average molecular weight is 292 g/mol. The predicted octanol–water partition coefficient (Wildman–Crippen LogP) is 0.616. The highest BCUT2D eigenvalue weighted by molar-refractivity contribution is 5.60. The van der Waals surface area contributed by atoms with Crippen molar-refractivity contribution in [3.8, 4) is 17.1 Å². The van der Waals surface area contributed by atoms with Gasteiger partial charge >= 0.3 is 0 Å². The van der Waals surface area contributed by atoms with E-state index in [2.05, 4.69) is 24.9 Å². The number of rotatable bonds is 3. The molecule has 0 bridgehead atoms. The number of nitrogens with zero attached hydrogens (tertiary/aromatic N) is 5. The van der Waals surface area contributed by atoms with Crippen LogP contribution >= 0.6 is 0 Å². The Kier molecular flexibility index (Phi) is 3.73. The number of aromatic nitrogens is 4. The van der Waals surface area contributed by atoms with Crippen LogP contribution in [0.5, 0.6) is 5.88 Å². The van der Waals surface area contributed by atoms with Gasteiger partial charge in [0.15, 0.2) is 0 Å². The Balaban J connectivity index is 1.98. The molecule has 1 fully saturated rings. The zero-order valence-corrected chi connectivity index (χ0v) is 11.1. The molecule has 2 N–H and O–H groups in total. The summed E-state index contributed by atoms with van der Waals surface area (Å²) in [6.07, 6.45) is 3.02. The van der Waals surface area contributed by atoms with Gasteiger partial charge in [0.2, 0.25) is 11.9 Å². The molecule has 2 aromatic rings. The highest BCUT2D eigenvalue weighted by Crippen LogP contribution is 2.24. The SMILES string of the molecule is Nc1ncc(-c2cc(OF)nc(N3CCOCC3)n2)cn1. The maximum Gasteiger partial charge on any atom is 0.268 e. The lowest BCUT2D eigenvalue weighted by Gasteiger charge is -2.26. The van der Waals surface area contributed by atoms with Crippen LogP contribution in [0.4, 0.5) is 16.4 Å². The Hall–Kier alpha value is -2.55. The first-order valence-electron chi connectivity index (χ1n) is 6.34. The summed E-state index contributed by atoms with van der Waals surface area (Å²) in [6.45, 7) is 2.41. The molecule has 3 rings (SSSR count). The molecule has 2 aromatic heterocycles. The Morgan fingerprint density at radius 2 is 1.90 bits per heavy atom. The molecule has 0 spiro atoms. The van der Waals surface area contributed by atoms with Gasteiger partial charge in [-0.3, -0.25) is 4.94 Å². The molecular weight excluding hydrogens is 279 g/mol. The summed E-state index contributed by atoms with van der Waals surface area (Å²) in [6, 6.07) is 1.37. The van der Waals surface area contributed by atoms with E-state index in [1.165, 1.54) is 18.5 Å². The summed E-state index contributed by atoms with van der Waals surface area (Å²) in [5.74, 6) is 0.363. The minimum Gasteiger partial charge on any atom is -0.378 e. The van der Waals surface area contributed by atoms with Crippen LogP contribution < -0.4 is 15.6 Å². The van der Waals surface area contributed by atoms with Crippen LogP contribution in [0.2, 0.25) is 0 Å². The molecule has 0 amide bonds. The second-order valence-electron chi connectivity index (χ2n) is 4.40. The third-order valence-corrected chi connectivity index (χ3v) is 3.03. The molecule has 1 aliphatic heterocycles. The molecule has 110 valence electrons. The van der Waals surface area contributed by atoms with E-state index in [1.54, 1.807) is 0 Å². The van der Waals surface area contributed by atoms with Crippen LogP contribution in [-0.2, 0) is 4.74 Å². The quantitative estimate of drug-likeness (QED) is 0.878. The number of morpholine rings is 1. The molecule has 0 unspecified atom stereocenters. The number of nitrogen functional groups attached to an aromatic ring is 1. The summed E-state index contributed by atoms with van der Waals surface area (Å²) in [5.41, 5.74) is 6.50. The number of anilines is 2. The molecule has 0 aliphatic carbocycles. The zero-order chi connectivity index (χ0) is 14.7. The van der Waals surface area contributed by atoms with Crippen LogP contribution in [0, 0.1) is 0 Å². The fourth-order valence-electron chi connectivity index (χ4n) is 1.98. The van der Waals surface area contributed by atoms with Crippen molar-refractivity contribution < 1.29 is 14.2 Å².